The largest absolute Gasteiger partial charge is 0.342 e. The topological polar surface area (TPSA) is 115 Å². The van der Waals surface area contributed by atoms with Gasteiger partial charge in [0.1, 0.15) is 23.3 Å². The lowest BCUT2D eigenvalue weighted by Gasteiger charge is -2.16. The van der Waals surface area contributed by atoms with E-state index in [9.17, 15) is 0 Å². The molecule has 4 heterocycles. The number of aromatic nitrogens is 8. The monoisotopic (exact) mass is 935 g/mol. The third-order valence-electron chi connectivity index (χ3n) is 14.4. The van der Waals surface area contributed by atoms with Crippen LogP contribution in [-0.4, -0.2) is 39.9 Å². The molecule has 0 radical (unpaired) electrons. The summed E-state index contributed by atoms with van der Waals surface area (Å²) >= 11 is 0. The molecule has 8 aromatic rings. The fourth-order valence-electron chi connectivity index (χ4n) is 10.3. The van der Waals surface area contributed by atoms with Gasteiger partial charge in [-0.05, 0) is 170 Å². The lowest BCUT2D eigenvalue weighted by Crippen LogP contribution is -2.00. The Labute approximate surface area is 416 Å². The van der Waals surface area contributed by atoms with Crippen molar-refractivity contribution in [3.63, 3.8) is 0 Å². The normalized spacial score (nSPS) is 12.0. The SMILES string of the molecule is Cc1c(C(C)C)c(C)c2nc(C(C)C)[nH]c2c1C.Cc1c(C(C)C)cc2[nH]c(C(C)C)nc2c1C.Cc1cc(C(C)C)c(C)c2[nH]c(C(C)C)nc12.Cc1cc2[nH]c(C(C)C)nc2c(C)c1C(C)C. The maximum Gasteiger partial charge on any atom is 0.109 e. The molecule has 0 saturated heterocycles. The van der Waals surface area contributed by atoms with Gasteiger partial charge in [-0.15, -0.1) is 0 Å². The predicted molar refractivity (Wildman–Crippen MR) is 300 cm³/mol. The van der Waals surface area contributed by atoms with Crippen LogP contribution in [-0.2, 0) is 0 Å². The summed E-state index contributed by atoms with van der Waals surface area (Å²) < 4.78 is 0. The lowest BCUT2D eigenvalue weighted by molar-refractivity contribution is 0.798. The van der Waals surface area contributed by atoms with Crippen molar-refractivity contribution in [1.82, 2.24) is 39.9 Å². The highest BCUT2D eigenvalue weighted by Gasteiger charge is 2.20. The highest BCUT2D eigenvalue weighted by molar-refractivity contribution is 5.86. The third-order valence-corrected chi connectivity index (χ3v) is 14.4. The van der Waals surface area contributed by atoms with E-state index in [1.807, 2.05) is 0 Å². The minimum absolute atomic E-state index is 0.444. The van der Waals surface area contributed by atoms with E-state index < -0.39 is 0 Å². The Balaban J connectivity index is 0.000000172. The number of rotatable bonds is 8. The van der Waals surface area contributed by atoms with E-state index in [2.05, 4.69) is 211 Å². The molecule has 0 spiro atoms. The van der Waals surface area contributed by atoms with Crippen molar-refractivity contribution in [1.29, 1.82) is 0 Å². The number of hydrogen-bond donors (Lipinski definition) is 4. The molecule has 0 saturated carbocycles. The number of aromatic amines is 4. The second kappa shape index (κ2) is 21.8. The summed E-state index contributed by atoms with van der Waals surface area (Å²) in [6, 6.07) is 6.78. The molecule has 69 heavy (non-hydrogen) atoms. The van der Waals surface area contributed by atoms with Crippen molar-refractivity contribution in [2.75, 3.05) is 0 Å². The number of nitrogens with one attached hydrogen (secondary N) is 4. The molecular weight excluding hydrogens is 845 g/mol. The first-order chi connectivity index (χ1) is 32.1. The second-order valence-corrected chi connectivity index (χ2v) is 22.6. The van der Waals surface area contributed by atoms with Gasteiger partial charge in [0.25, 0.3) is 0 Å². The van der Waals surface area contributed by atoms with Gasteiger partial charge in [0.15, 0.2) is 0 Å². The minimum atomic E-state index is 0.444. The van der Waals surface area contributed by atoms with E-state index in [1.54, 1.807) is 0 Å². The average Bonchev–Trinajstić information content (AvgIpc) is 4.08. The molecule has 0 aliphatic rings. The molecular formula is C61H90N8. The van der Waals surface area contributed by atoms with Gasteiger partial charge >= 0.3 is 0 Å². The molecule has 0 fully saturated rings. The molecule has 0 unspecified atom stereocenters. The van der Waals surface area contributed by atoms with Gasteiger partial charge in [-0.25, -0.2) is 19.9 Å². The van der Waals surface area contributed by atoms with Crippen molar-refractivity contribution in [3.05, 3.63) is 114 Å². The van der Waals surface area contributed by atoms with Crippen LogP contribution >= 0.6 is 0 Å². The number of fused-ring (bicyclic) bond motifs is 4. The highest BCUT2D eigenvalue weighted by atomic mass is 14.9. The molecule has 374 valence electrons. The Hall–Kier alpha value is -5.24. The third kappa shape index (κ3) is 11.4. The number of benzene rings is 4. The highest BCUT2D eigenvalue weighted by Crippen LogP contribution is 2.35. The molecule has 4 aromatic carbocycles. The Morgan fingerprint density at radius 1 is 0.290 bits per heavy atom. The van der Waals surface area contributed by atoms with Crippen LogP contribution in [0.1, 0.15) is 254 Å². The van der Waals surface area contributed by atoms with E-state index in [4.69, 9.17) is 19.9 Å². The summed E-state index contributed by atoms with van der Waals surface area (Å²) in [7, 11) is 0. The summed E-state index contributed by atoms with van der Waals surface area (Å²) in [5.74, 6) is 8.37. The van der Waals surface area contributed by atoms with Gasteiger partial charge in [0, 0.05) is 23.7 Å². The van der Waals surface area contributed by atoms with Crippen LogP contribution in [0, 0.1) is 62.3 Å². The summed E-state index contributed by atoms with van der Waals surface area (Å²) in [6.07, 6.45) is 0. The van der Waals surface area contributed by atoms with Gasteiger partial charge in [-0.1, -0.05) is 117 Å². The molecule has 0 atom stereocenters. The Bertz CT molecular complexity index is 3050. The van der Waals surface area contributed by atoms with Crippen LogP contribution in [0.3, 0.4) is 0 Å². The van der Waals surface area contributed by atoms with E-state index in [0.29, 0.717) is 47.3 Å². The van der Waals surface area contributed by atoms with Crippen molar-refractivity contribution in [3.8, 4) is 0 Å². The van der Waals surface area contributed by atoms with Gasteiger partial charge in [-0.3, -0.25) is 0 Å². The number of imidazole rings is 4. The van der Waals surface area contributed by atoms with Gasteiger partial charge < -0.3 is 19.9 Å². The standard InChI is InChI=1S/C16H24N2.3C15H22N2/c1-8(2)13-10(5)11(6)14-15(12(13)7)18-16(17-14)9(3)4;1-8(2)12-7-13-14(11(6)10(12)5)17-15(16-13)9(3)4;1-8(2)13-10(5)7-12-14(11(13)6)17-15(16-12)9(3)4;1-8(2)12-7-10(5)13-14(11(12)6)17-15(16-13)9(3)4/h8-9H,1-7H3,(H,17,18);3*7-9H,1-6H3,(H,16,17). The number of aryl methyl sites for hydroxylation is 7. The average molecular weight is 935 g/mol. The second-order valence-electron chi connectivity index (χ2n) is 22.6. The van der Waals surface area contributed by atoms with Gasteiger partial charge in [-0.2, -0.15) is 0 Å². The number of H-pyrrole nitrogens is 4. The van der Waals surface area contributed by atoms with Crippen molar-refractivity contribution < 1.29 is 0 Å². The molecule has 8 rings (SSSR count). The van der Waals surface area contributed by atoms with Gasteiger partial charge in [0.2, 0.25) is 0 Å². The number of nitrogens with zero attached hydrogens (tertiary/aromatic N) is 4. The molecule has 0 bridgehead atoms. The first-order valence-electron chi connectivity index (χ1n) is 26.1. The quantitative estimate of drug-likeness (QED) is 0.121. The summed E-state index contributed by atoms with van der Waals surface area (Å²) in [5.41, 5.74) is 27.2. The van der Waals surface area contributed by atoms with Crippen molar-refractivity contribution >= 4 is 44.1 Å². The maximum atomic E-state index is 4.80. The van der Waals surface area contributed by atoms with Crippen LogP contribution < -0.4 is 0 Å². The first-order valence-corrected chi connectivity index (χ1v) is 26.1. The molecule has 0 aliphatic carbocycles. The van der Waals surface area contributed by atoms with Crippen molar-refractivity contribution in [2.24, 2.45) is 0 Å². The Kier molecular flexibility index (Phi) is 17.3. The number of hydrogen-bond acceptors (Lipinski definition) is 4. The van der Waals surface area contributed by atoms with E-state index in [0.717, 1.165) is 45.4 Å². The fraction of sp³-hybridized carbons (Fsp3) is 0.541. The smallest absolute Gasteiger partial charge is 0.109 e. The fourth-order valence-corrected chi connectivity index (χ4v) is 10.3. The van der Waals surface area contributed by atoms with Crippen LogP contribution in [0.25, 0.3) is 44.1 Å². The summed E-state index contributed by atoms with van der Waals surface area (Å²) in [6.45, 7) is 55.1. The Morgan fingerprint density at radius 2 is 0.667 bits per heavy atom. The molecule has 4 N–H and O–H groups in total. The van der Waals surface area contributed by atoms with Crippen LogP contribution in [0.2, 0.25) is 0 Å². The van der Waals surface area contributed by atoms with Crippen LogP contribution in [0.5, 0.6) is 0 Å². The maximum absolute atomic E-state index is 4.80. The van der Waals surface area contributed by atoms with Crippen molar-refractivity contribution in [2.45, 2.75) is 220 Å². The first kappa shape index (κ1) is 54.7. The molecule has 0 aliphatic heterocycles. The predicted octanol–water partition coefficient (Wildman–Crippen LogP) is 18.0. The molecule has 8 nitrogen and oxygen atoms in total. The molecule has 0 amide bonds. The molecule has 4 aromatic heterocycles. The van der Waals surface area contributed by atoms with E-state index in [-0.39, 0.29) is 0 Å². The zero-order valence-corrected chi connectivity index (χ0v) is 47.6. The van der Waals surface area contributed by atoms with E-state index in [1.165, 1.54) is 94.4 Å². The van der Waals surface area contributed by atoms with E-state index >= 15 is 0 Å². The minimum Gasteiger partial charge on any atom is -0.342 e. The molecule has 8 heteroatoms. The van der Waals surface area contributed by atoms with Gasteiger partial charge in [0.05, 0.1) is 44.1 Å². The zero-order chi connectivity index (χ0) is 51.8. The summed E-state index contributed by atoms with van der Waals surface area (Å²) in [4.78, 5) is 32.8. The lowest BCUT2D eigenvalue weighted by atomic mass is 9.89. The Morgan fingerprint density at radius 3 is 1.12 bits per heavy atom. The zero-order valence-electron chi connectivity index (χ0n) is 47.6. The summed E-state index contributed by atoms with van der Waals surface area (Å²) in [5, 5.41) is 0. The van der Waals surface area contributed by atoms with Crippen LogP contribution in [0.4, 0.5) is 0 Å². The van der Waals surface area contributed by atoms with Crippen LogP contribution in [0.15, 0.2) is 18.2 Å².